The van der Waals surface area contributed by atoms with Gasteiger partial charge in [0.05, 0.1) is 24.2 Å². The van der Waals surface area contributed by atoms with E-state index in [1.807, 2.05) is 33.8 Å². The van der Waals surface area contributed by atoms with Gasteiger partial charge in [0.1, 0.15) is 17.2 Å². The van der Waals surface area contributed by atoms with Crippen molar-refractivity contribution in [3.8, 4) is 16.9 Å². The van der Waals surface area contributed by atoms with Crippen molar-refractivity contribution < 1.29 is 13.9 Å². The van der Waals surface area contributed by atoms with Gasteiger partial charge in [-0.1, -0.05) is 32.9 Å². The molecule has 0 fully saturated rings. The molecule has 166 valence electrons. The second-order valence-electron chi connectivity index (χ2n) is 8.53. The lowest BCUT2D eigenvalue weighted by Gasteiger charge is -2.19. The number of fused-ring (bicyclic) bond motifs is 1. The highest BCUT2D eigenvalue weighted by Gasteiger charge is 2.25. The molecule has 0 saturated carbocycles. The summed E-state index contributed by atoms with van der Waals surface area (Å²) in [5.74, 6) is -0.180. The molecule has 0 aliphatic heterocycles. The van der Waals surface area contributed by atoms with E-state index < -0.39 is 5.97 Å². The van der Waals surface area contributed by atoms with Crippen molar-refractivity contribution in [2.75, 3.05) is 12.3 Å². The molecule has 0 aliphatic carbocycles. The molecule has 0 bridgehead atoms. The number of nitrogens with zero attached hydrogens (tertiary/aromatic N) is 5. The van der Waals surface area contributed by atoms with E-state index in [2.05, 4.69) is 10.2 Å². The van der Waals surface area contributed by atoms with Gasteiger partial charge in [-0.3, -0.25) is 0 Å². The van der Waals surface area contributed by atoms with Crippen molar-refractivity contribution in [3.63, 3.8) is 0 Å². The molecule has 0 amide bonds. The summed E-state index contributed by atoms with van der Waals surface area (Å²) in [5.41, 5.74) is 9.84. The predicted molar refractivity (Wildman–Crippen MR) is 119 cm³/mol. The fourth-order valence-corrected chi connectivity index (χ4v) is 3.50. The largest absolute Gasteiger partial charge is 0.462 e. The first kappa shape index (κ1) is 21.5. The van der Waals surface area contributed by atoms with E-state index in [4.69, 9.17) is 15.5 Å². The van der Waals surface area contributed by atoms with E-state index in [9.17, 15) is 9.18 Å². The Morgan fingerprint density at radius 1 is 1.22 bits per heavy atom. The molecule has 0 aliphatic rings. The maximum atomic E-state index is 13.5. The highest BCUT2D eigenvalue weighted by atomic mass is 19.1. The van der Waals surface area contributed by atoms with Crippen LogP contribution in [0.3, 0.4) is 0 Å². The van der Waals surface area contributed by atoms with Crippen molar-refractivity contribution >= 4 is 17.4 Å². The minimum Gasteiger partial charge on any atom is -0.462 e. The number of anilines is 1. The highest BCUT2D eigenvalue weighted by molar-refractivity contribution is 5.94. The fourth-order valence-electron chi connectivity index (χ4n) is 3.50. The molecule has 3 aromatic heterocycles. The van der Waals surface area contributed by atoms with Gasteiger partial charge >= 0.3 is 5.97 Å². The molecular formula is C23H25FN6O2. The van der Waals surface area contributed by atoms with Crippen LogP contribution in [0.2, 0.25) is 0 Å². The molecule has 4 rings (SSSR count). The first-order valence-corrected chi connectivity index (χ1v) is 10.3. The van der Waals surface area contributed by atoms with Gasteiger partial charge in [-0.05, 0) is 31.5 Å². The van der Waals surface area contributed by atoms with Crippen molar-refractivity contribution in [3.05, 3.63) is 59.3 Å². The number of carbonyl (C=O) groups is 1. The van der Waals surface area contributed by atoms with E-state index in [-0.39, 0.29) is 29.2 Å². The van der Waals surface area contributed by atoms with E-state index in [0.29, 0.717) is 17.2 Å². The number of benzene rings is 1. The summed E-state index contributed by atoms with van der Waals surface area (Å²) < 4.78 is 21.7. The van der Waals surface area contributed by atoms with Gasteiger partial charge in [0.2, 0.25) is 0 Å². The van der Waals surface area contributed by atoms with Gasteiger partial charge in [-0.25, -0.2) is 14.2 Å². The smallest absolute Gasteiger partial charge is 0.343 e. The third kappa shape index (κ3) is 3.59. The van der Waals surface area contributed by atoms with Crippen molar-refractivity contribution in [2.24, 2.45) is 0 Å². The lowest BCUT2D eigenvalue weighted by molar-refractivity contribution is 0.0527. The summed E-state index contributed by atoms with van der Waals surface area (Å²) in [6.07, 6.45) is 1.38. The molecular weight excluding hydrogens is 411 g/mol. The van der Waals surface area contributed by atoms with Gasteiger partial charge in [0.15, 0.2) is 11.5 Å². The third-order valence-electron chi connectivity index (χ3n) is 5.17. The Hall–Kier alpha value is -3.75. The number of hydrogen-bond donors (Lipinski definition) is 1. The second kappa shape index (κ2) is 7.74. The highest BCUT2D eigenvalue weighted by Crippen LogP contribution is 2.32. The van der Waals surface area contributed by atoms with Crippen LogP contribution in [0.1, 0.15) is 49.4 Å². The summed E-state index contributed by atoms with van der Waals surface area (Å²) in [5, 5.41) is 9.01. The molecule has 32 heavy (non-hydrogen) atoms. The Morgan fingerprint density at radius 3 is 2.53 bits per heavy atom. The van der Waals surface area contributed by atoms with E-state index in [1.54, 1.807) is 23.6 Å². The number of carbonyl (C=O) groups excluding carboxylic acids is 1. The van der Waals surface area contributed by atoms with E-state index >= 15 is 0 Å². The molecule has 1 aromatic carbocycles. The maximum Gasteiger partial charge on any atom is 0.343 e. The van der Waals surface area contributed by atoms with E-state index in [1.165, 1.54) is 23.0 Å². The first-order chi connectivity index (χ1) is 15.1. The number of rotatable bonds is 4. The molecule has 3 heterocycles. The van der Waals surface area contributed by atoms with Crippen LogP contribution in [0.15, 0.2) is 36.5 Å². The Kier molecular flexibility index (Phi) is 5.20. The van der Waals surface area contributed by atoms with Crippen LogP contribution in [-0.2, 0) is 10.2 Å². The summed E-state index contributed by atoms with van der Waals surface area (Å²) in [7, 11) is 0. The minimum atomic E-state index is -0.541. The molecule has 2 N–H and O–H groups in total. The minimum absolute atomic E-state index is 0.146. The number of esters is 1. The zero-order valence-electron chi connectivity index (χ0n) is 18.7. The predicted octanol–water partition coefficient (Wildman–Crippen LogP) is 4.09. The van der Waals surface area contributed by atoms with Crippen LogP contribution in [0.4, 0.5) is 10.2 Å². The normalized spacial score (nSPS) is 11.8. The van der Waals surface area contributed by atoms with Gasteiger partial charge < -0.3 is 10.5 Å². The standard InChI is InChI=1S/C23H25FN6O2/c1-6-32-22(31)16-12-26-29(20(16)25)18-11-17(23(3,4)5)27-21-19(13(2)28-30(18)21)14-7-9-15(24)10-8-14/h7-12H,6,25H2,1-5H3. The lowest BCUT2D eigenvalue weighted by atomic mass is 9.92. The number of aryl methyl sites for hydroxylation is 1. The molecule has 0 atom stereocenters. The fraction of sp³-hybridized carbons (Fsp3) is 0.304. The van der Waals surface area contributed by atoms with Crippen LogP contribution in [0.5, 0.6) is 0 Å². The quantitative estimate of drug-likeness (QED) is 0.484. The SMILES string of the molecule is CCOC(=O)c1cnn(-c2cc(C(C)(C)C)nc3c(-c4ccc(F)cc4)c(C)nn23)c1N. The number of nitrogens with two attached hydrogens (primary N) is 1. The molecule has 4 aromatic rings. The topological polar surface area (TPSA) is 100 Å². The summed E-state index contributed by atoms with van der Waals surface area (Å²) in [4.78, 5) is 17.1. The zero-order valence-corrected chi connectivity index (χ0v) is 18.7. The molecule has 8 nitrogen and oxygen atoms in total. The number of nitrogen functional groups attached to an aromatic ring is 1. The monoisotopic (exact) mass is 436 g/mol. The van der Waals surface area contributed by atoms with Crippen LogP contribution in [-0.4, -0.2) is 37.0 Å². The van der Waals surface area contributed by atoms with Crippen LogP contribution in [0, 0.1) is 12.7 Å². The summed E-state index contributed by atoms with van der Waals surface area (Å²) in [6, 6.07) is 8.07. The molecule has 0 saturated heterocycles. The van der Waals surface area contributed by atoms with E-state index in [0.717, 1.165) is 16.8 Å². The Labute approximate surface area is 184 Å². The summed E-state index contributed by atoms with van der Waals surface area (Å²) >= 11 is 0. The van der Waals surface area contributed by atoms with Crippen LogP contribution < -0.4 is 5.73 Å². The Bertz CT molecular complexity index is 1320. The molecule has 0 unspecified atom stereocenters. The first-order valence-electron chi connectivity index (χ1n) is 10.3. The van der Waals surface area contributed by atoms with Crippen molar-refractivity contribution in [1.82, 2.24) is 24.4 Å². The molecule has 0 radical (unpaired) electrons. The van der Waals surface area contributed by atoms with Gasteiger partial charge in [0, 0.05) is 17.0 Å². The van der Waals surface area contributed by atoms with Crippen molar-refractivity contribution in [2.45, 2.75) is 40.0 Å². The Balaban J connectivity index is 2.01. The van der Waals surface area contributed by atoms with Crippen LogP contribution in [0.25, 0.3) is 22.6 Å². The number of halogens is 1. The Morgan fingerprint density at radius 2 is 1.91 bits per heavy atom. The average molecular weight is 436 g/mol. The number of ether oxygens (including phenoxy) is 1. The number of aromatic nitrogens is 5. The molecule has 0 spiro atoms. The zero-order chi connectivity index (χ0) is 23.2. The average Bonchev–Trinajstić information content (AvgIpc) is 3.27. The maximum absolute atomic E-state index is 13.5. The summed E-state index contributed by atoms with van der Waals surface area (Å²) in [6.45, 7) is 9.97. The molecule has 9 heteroatoms. The van der Waals surface area contributed by atoms with Gasteiger partial charge in [0.25, 0.3) is 0 Å². The van der Waals surface area contributed by atoms with Gasteiger partial charge in [-0.15, -0.1) is 0 Å². The lowest BCUT2D eigenvalue weighted by Crippen LogP contribution is -2.18. The second-order valence-corrected chi connectivity index (χ2v) is 8.53. The van der Waals surface area contributed by atoms with Crippen LogP contribution >= 0.6 is 0 Å². The number of hydrogen-bond acceptors (Lipinski definition) is 6. The third-order valence-corrected chi connectivity index (χ3v) is 5.17. The van der Waals surface area contributed by atoms with Gasteiger partial charge in [-0.2, -0.15) is 19.4 Å². The van der Waals surface area contributed by atoms with Crippen molar-refractivity contribution in [1.29, 1.82) is 0 Å².